The van der Waals surface area contributed by atoms with E-state index in [-0.39, 0.29) is 12.4 Å². The summed E-state index contributed by atoms with van der Waals surface area (Å²) in [6.45, 7) is 4.08. The van der Waals surface area contributed by atoms with Crippen molar-refractivity contribution in [3.05, 3.63) is 82.0 Å². The molecule has 0 saturated carbocycles. The van der Waals surface area contributed by atoms with Crippen molar-refractivity contribution < 1.29 is 9.13 Å². The van der Waals surface area contributed by atoms with Crippen LogP contribution in [-0.2, 0) is 6.61 Å². The number of hydrogen-bond acceptors (Lipinski definition) is 4. The zero-order valence-corrected chi connectivity index (χ0v) is 17.0. The highest BCUT2D eigenvalue weighted by Crippen LogP contribution is 2.31. The van der Waals surface area contributed by atoms with Gasteiger partial charge >= 0.3 is 0 Å². The molecule has 0 unspecified atom stereocenters. The molecule has 0 spiro atoms. The Balaban J connectivity index is 1.63. The van der Waals surface area contributed by atoms with E-state index >= 15 is 0 Å². The molecule has 0 fully saturated rings. The number of rotatable bonds is 5. The third-order valence-electron chi connectivity index (χ3n) is 4.85. The number of nitrogens with one attached hydrogen (secondary N) is 1. The van der Waals surface area contributed by atoms with Crippen molar-refractivity contribution in [3.8, 4) is 28.8 Å². The van der Waals surface area contributed by atoms with Gasteiger partial charge in [-0.15, -0.1) is 0 Å². The van der Waals surface area contributed by atoms with Gasteiger partial charge in [0.1, 0.15) is 24.2 Å². The van der Waals surface area contributed by atoms with E-state index in [1.165, 1.54) is 12.1 Å². The van der Waals surface area contributed by atoms with Crippen LogP contribution in [0.2, 0.25) is 5.02 Å². The van der Waals surface area contributed by atoms with Crippen molar-refractivity contribution >= 4 is 11.6 Å². The van der Waals surface area contributed by atoms with Gasteiger partial charge in [-0.05, 0) is 56.3 Å². The fraction of sp³-hybridized carbons (Fsp3) is 0.136. The number of halogens is 2. The summed E-state index contributed by atoms with van der Waals surface area (Å²) in [7, 11) is 0. The smallest absolute Gasteiger partial charge is 0.129 e. The monoisotopic (exact) mass is 421 g/mol. The standard InChI is InChI=1S/C22H17ClFN5O/c1-13-19(14(2)29(28-13)17-5-3-15(11-25)20(23)10-17)12-30-22-6-4-16(24)9-18(22)21-7-8-26-27-21/h3-10H,12H2,1-2H3,(H,26,27). The fourth-order valence-corrected chi connectivity index (χ4v) is 3.47. The predicted molar refractivity (Wildman–Crippen MR) is 111 cm³/mol. The average molecular weight is 422 g/mol. The molecule has 6 nitrogen and oxygen atoms in total. The highest BCUT2D eigenvalue weighted by molar-refractivity contribution is 6.31. The van der Waals surface area contributed by atoms with Crippen LogP contribution in [0.1, 0.15) is 22.5 Å². The summed E-state index contributed by atoms with van der Waals surface area (Å²) in [6, 6.07) is 13.3. The molecule has 30 heavy (non-hydrogen) atoms. The molecule has 4 rings (SSSR count). The molecule has 8 heteroatoms. The van der Waals surface area contributed by atoms with Gasteiger partial charge in [-0.25, -0.2) is 9.07 Å². The molecular formula is C22H17ClFN5O. The molecule has 2 aromatic carbocycles. The van der Waals surface area contributed by atoms with E-state index in [4.69, 9.17) is 21.6 Å². The molecule has 0 aliphatic carbocycles. The van der Waals surface area contributed by atoms with Crippen molar-refractivity contribution in [3.63, 3.8) is 0 Å². The Morgan fingerprint density at radius 2 is 2.03 bits per heavy atom. The predicted octanol–water partition coefficient (Wildman–Crippen LogP) is 5.12. The van der Waals surface area contributed by atoms with Gasteiger partial charge in [-0.1, -0.05) is 11.6 Å². The molecular weight excluding hydrogens is 405 g/mol. The van der Waals surface area contributed by atoms with Crippen LogP contribution < -0.4 is 4.74 Å². The quantitative estimate of drug-likeness (QED) is 0.485. The fourth-order valence-electron chi connectivity index (χ4n) is 3.25. The summed E-state index contributed by atoms with van der Waals surface area (Å²) in [6.07, 6.45) is 1.67. The zero-order chi connectivity index (χ0) is 21.3. The summed E-state index contributed by atoms with van der Waals surface area (Å²) in [5.74, 6) is 0.162. The minimum Gasteiger partial charge on any atom is -0.488 e. The Labute approximate surface area is 177 Å². The van der Waals surface area contributed by atoms with Crippen LogP contribution in [0, 0.1) is 31.0 Å². The maximum Gasteiger partial charge on any atom is 0.129 e. The molecule has 0 aliphatic heterocycles. The summed E-state index contributed by atoms with van der Waals surface area (Å²) in [5, 5.41) is 20.9. The molecule has 0 atom stereocenters. The van der Waals surface area contributed by atoms with Crippen LogP contribution in [-0.4, -0.2) is 20.0 Å². The Morgan fingerprint density at radius 3 is 2.73 bits per heavy atom. The Kier molecular flexibility index (Phi) is 5.25. The van der Waals surface area contributed by atoms with E-state index in [0.717, 1.165) is 22.6 Å². The SMILES string of the molecule is Cc1nn(-c2ccc(C#N)c(Cl)c2)c(C)c1COc1ccc(F)cc1-c1cc[nH]n1. The first-order chi connectivity index (χ1) is 14.5. The zero-order valence-electron chi connectivity index (χ0n) is 16.3. The van der Waals surface area contributed by atoms with Gasteiger partial charge in [0, 0.05) is 23.0 Å². The van der Waals surface area contributed by atoms with E-state index in [1.807, 2.05) is 19.9 Å². The van der Waals surface area contributed by atoms with Gasteiger partial charge < -0.3 is 4.74 Å². The molecule has 2 heterocycles. The molecule has 4 aromatic rings. The maximum absolute atomic E-state index is 13.8. The highest BCUT2D eigenvalue weighted by Gasteiger charge is 2.16. The van der Waals surface area contributed by atoms with Crippen molar-refractivity contribution in [1.29, 1.82) is 5.26 Å². The normalized spacial score (nSPS) is 10.8. The lowest BCUT2D eigenvalue weighted by Crippen LogP contribution is -2.02. The maximum atomic E-state index is 13.8. The summed E-state index contributed by atoms with van der Waals surface area (Å²) in [4.78, 5) is 0. The van der Waals surface area contributed by atoms with Crippen LogP contribution >= 0.6 is 11.6 Å². The van der Waals surface area contributed by atoms with E-state index in [2.05, 4.69) is 15.3 Å². The Bertz CT molecular complexity index is 1260. The number of benzene rings is 2. The highest BCUT2D eigenvalue weighted by atomic mass is 35.5. The van der Waals surface area contributed by atoms with Crippen LogP contribution in [0.4, 0.5) is 4.39 Å². The number of nitriles is 1. The van der Waals surface area contributed by atoms with Gasteiger partial charge in [0.25, 0.3) is 0 Å². The topological polar surface area (TPSA) is 79.5 Å². The Hall–Kier alpha value is -3.63. The van der Waals surface area contributed by atoms with Crippen LogP contribution in [0.3, 0.4) is 0 Å². The molecule has 1 N–H and O–H groups in total. The van der Waals surface area contributed by atoms with Crippen molar-refractivity contribution in [1.82, 2.24) is 20.0 Å². The number of H-pyrrole nitrogens is 1. The summed E-state index contributed by atoms with van der Waals surface area (Å²) < 4.78 is 21.6. The second-order valence-corrected chi connectivity index (χ2v) is 7.13. The largest absolute Gasteiger partial charge is 0.488 e. The first kappa shape index (κ1) is 19.7. The third kappa shape index (κ3) is 3.65. The lowest BCUT2D eigenvalue weighted by molar-refractivity contribution is 0.305. The number of aromatic amines is 1. The number of hydrogen-bond donors (Lipinski definition) is 1. The van der Waals surface area contributed by atoms with Gasteiger partial charge in [0.05, 0.1) is 27.7 Å². The van der Waals surface area contributed by atoms with Crippen molar-refractivity contribution in [2.45, 2.75) is 20.5 Å². The minimum atomic E-state index is -0.363. The molecule has 0 amide bonds. The molecule has 0 saturated heterocycles. The second-order valence-electron chi connectivity index (χ2n) is 6.73. The Morgan fingerprint density at radius 1 is 1.20 bits per heavy atom. The van der Waals surface area contributed by atoms with E-state index < -0.39 is 0 Å². The molecule has 0 bridgehead atoms. The first-order valence-corrected chi connectivity index (χ1v) is 9.53. The van der Waals surface area contributed by atoms with Crippen molar-refractivity contribution in [2.75, 3.05) is 0 Å². The molecule has 0 radical (unpaired) electrons. The third-order valence-corrected chi connectivity index (χ3v) is 5.16. The molecule has 2 aromatic heterocycles. The van der Waals surface area contributed by atoms with Gasteiger partial charge in [-0.2, -0.15) is 15.5 Å². The summed E-state index contributed by atoms with van der Waals surface area (Å²) >= 11 is 6.17. The van der Waals surface area contributed by atoms with Gasteiger partial charge in [0.2, 0.25) is 0 Å². The van der Waals surface area contributed by atoms with Crippen molar-refractivity contribution in [2.24, 2.45) is 0 Å². The van der Waals surface area contributed by atoms with E-state index in [9.17, 15) is 4.39 Å². The molecule has 0 aliphatic rings. The number of ether oxygens (including phenoxy) is 1. The molecule has 150 valence electrons. The minimum absolute atomic E-state index is 0.255. The number of aromatic nitrogens is 4. The number of nitrogens with zero attached hydrogens (tertiary/aromatic N) is 4. The first-order valence-electron chi connectivity index (χ1n) is 9.15. The average Bonchev–Trinajstić information content (AvgIpc) is 3.36. The van der Waals surface area contributed by atoms with Gasteiger partial charge in [0.15, 0.2) is 0 Å². The lowest BCUT2D eigenvalue weighted by Gasteiger charge is -2.11. The number of aryl methyl sites for hydroxylation is 1. The second kappa shape index (κ2) is 8.01. The lowest BCUT2D eigenvalue weighted by atomic mass is 10.1. The van der Waals surface area contributed by atoms with E-state index in [0.29, 0.717) is 27.6 Å². The van der Waals surface area contributed by atoms with Crippen LogP contribution in [0.25, 0.3) is 16.9 Å². The van der Waals surface area contributed by atoms with Crippen LogP contribution in [0.15, 0.2) is 48.7 Å². The van der Waals surface area contributed by atoms with E-state index in [1.54, 1.807) is 41.2 Å². The summed E-state index contributed by atoms with van der Waals surface area (Å²) in [5.41, 5.74) is 4.93. The van der Waals surface area contributed by atoms with Gasteiger partial charge in [-0.3, -0.25) is 5.10 Å². The van der Waals surface area contributed by atoms with Crippen LogP contribution in [0.5, 0.6) is 5.75 Å².